The van der Waals surface area contributed by atoms with E-state index in [0.29, 0.717) is 13.0 Å². The molecule has 0 bridgehead atoms. The Bertz CT molecular complexity index is 294. The first-order chi connectivity index (χ1) is 5.90. The van der Waals surface area contributed by atoms with E-state index in [1.54, 1.807) is 0 Å². The normalized spacial score (nSPS) is 21.5. The molecule has 2 rings (SSSR count). The summed E-state index contributed by atoms with van der Waals surface area (Å²) in [5, 5.41) is 0. The lowest BCUT2D eigenvalue weighted by atomic mass is 10.00. The Balaban J connectivity index is 2.28. The van der Waals surface area contributed by atoms with Gasteiger partial charge in [0.25, 0.3) is 0 Å². The molecule has 1 aliphatic heterocycles. The average molecular weight is 161 g/mol. The van der Waals surface area contributed by atoms with Crippen molar-refractivity contribution in [2.24, 2.45) is 0 Å². The summed E-state index contributed by atoms with van der Waals surface area (Å²) in [6.45, 7) is 0.538. The van der Waals surface area contributed by atoms with Crippen LogP contribution in [0.3, 0.4) is 0 Å². The standard InChI is InChI=1S/C10H9O2/c11-6-10-5-8-3-1-2-4-9(8)7-12-10/h1-4,10H,5,7H2. The number of ether oxygens (including phenoxy) is 1. The largest absolute Gasteiger partial charge is 0.365 e. The van der Waals surface area contributed by atoms with Gasteiger partial charge < -0.3 is 4.74 Å². The summed E-state index contributed by atoms with van der Waals surface area (Å²) >= 11 is 0. The van der Waals surface area contributed by atoms with Crippen LogP contribution >= 0.6 is 0 Å². The average Bonchev–Trinajstić information content (AvgIpc) is 2.17. The maximum atomic E-state index is 10.3. The Morgan fingerprint density at radius 1 is 1.33 bits per heavy atom. The highest BCUT2D eigenvalue weighted by molar-refractivity contribution is 5.58. The fraction of sp³-hybridized carbons (Fsp3) is 0.300. The van der Waals surface area contributed by atoms with Crippen molar-refractivity contribution in [3.8, 4) is 0 Å². The molecule has 0 saturated carbocycles. The SMILES string of the molecule is O=[C]C1Cc2ccccc2CO1. The summed E-state index contributed by atoms with van der Waals surface area (Å²) in [5.41, 5.74) is 2.39. The predicted molar refractivity (Wildman–Crippen MR) is 44.4 cm³/mol. The van der Waals surface area contributed by atoms with Gasteiger partial charge in [0, 0.05) is 6.42 Å². The third kappa shape index (κ3) is 1.25. The topological polar surface area (TPSA) is 26.3 Å². The summed E-state index contributed by atoms with van der Waals surface area (Å²) in [5.74, 6) is 0. The molecule has 61 valence electrons. The first kappa shape index (κ1) is 7.50. The molecule has 1 atom stereocenters. The highest BCUT2D eigenvalue weighted by Gasteiger charge is 2.17. The quantitative estimate of drug-likeness (QED) is 0.619. The van der Waals surface area contributed by atoms with Crippen LogP contribution in [0.15, 0.2) is 24.3 Å². The van der Waals surface area contributed by atoms with E-state index in [9.17, 15) is 4.79 Å². The zero-order valence-corrected chi connectivity index (χ0v) is 6.62. The molecule has 1 unspecified atom stereocenters. The van der Waals surface area contributed by atoms with Gasteiger partial charge in [-0.3, -0.25) is 4.79 Å². The molecular formula is C10H9O2. The summed E-state index contributed by atoms with van der Waals surface area (Å²) in [6, 6.07) is 8.01. The summed E-state index contributed by atoms with van der Waals surface area (Å²) < 4.78 is 5.23. The highest BCUT2D eigenvalue weighted by Crippen LogP contribution is 2.18. The fourth-order valence-electron chi connectivity index (χ4n) is 1.42. The molecule has 1 radical (unpaired) electrons. The van der Waals surface area contributed by atoms with Gasteiger partial charge in [0.15, 0.2) is 0 Å². The van der Waals surface area contributed by atoms with Crippen LogP contribution in [-0.4, -0.2) is 12.4 Å². The van der Waals surface area contributed by atoms with E-state index in [4.69, 9.17) is 4.74 Å². The highest BCUT2D eigenvalue weighted by atomic mass is 16.5. The molecule has 0 amide bonds. The van der Waals surface area contributed by atoms with E-state index in [-0.39, 0.29) is 6.10 Å². The fourth-order valence-corrected chi connectivity index (χ4v) is 1.42. The molecule has 12 heavy (non-hydrogen) atoms. The summed E-state index contributed by atoms with van der Waals surface area (Å²) in [4.78, 5) is 10.3. The molecule has 0 fully saturated rings. The molecule has 0 N–H and O–H groups in total. The van der Waals surface area contributed by atoms with Crippen LogP contribution in [-0.2, 0) is 22.6 Å². The van der Waals surface area contributed by atoms with Crippen LogP contribution in [0.1, 0.15) is 11.1 Å². The lowest BCUT2D eigenvalue weighted by Gasteiger charge is -2.20. The monoisotopic (exact) mass is 161 g/mol. The van der Waals surface area contributed by atoms with Crippen LogP contribution in [0.5, 0.6) is 0 Å². The first-order valence-electron chi connectivity index (χ1n) is 3.96. The summed E-state index contributed by atoms with van der Waals surface area (Å²) in [7, 11) is 0. The van der Waals surface area contributed by atoms with Gasteiger partial charge in [0.1, 0.15) is 6.10 Å². The summed E-state index contributed by atoms with van der Waals surface area (Å²) in [6.07, 6.45) is 2.18. The van der Waals surface area contributed by atoms with Crippen LogP contribution in [0.25, 0.3) is 0 Å². The second-order valence-corrected chi connectivity index (χ2v) is 2.89. The van der Waals surface area contributed by atoms with E-state index >= 15 is 0 Å². The number of fused-ring (bicyclic) bond motifs is 1. The number of hydrogen-bond acceptors (Lipinski definition) is 2. The van der Waals surface area contributed by atoms with Crippen LogP contribution in [0.2, 0.25) is 0 Å². The van der Waals surface area contributed by atoms with E-state index in [2.05, 4.69) is 0 Å². The molecule has 1 aromatic rings. The van der Waals surface area contributed by atoms with E-state index in [1.807, 2.05) is 30.6 Å². The van der Waals surface area contributed by atoms with Gasteiger partial charge in [-0.15, -0.1) is 0 Å². The van der Waals surface area contributed by atoms with Gasteiger partial charge in [0.05, 0.1) is 6.61 Å². The molecule has 0 saturated heterocycles. The van der Waals surface area contributed by atoms with Gasteiger partial charge in [-0.25, -0.2) is 0 Å². The lowest BCUT2D eigenvalue weighted by molar-refractivity contribution is 0.0699. The zero-order valence-electron chi connectivity index (χ0n) is 6.62. The van der Waals surface area contributed by atoms with Crippen LogP contribution in [0.4, 0.5) is 0 Å². The van der Waals surface area contributed by atoms with Crippen LogP contribution in [0, 0.1) is 0 Å². The maximum Gasteiger partial charge on any atom is 0.230 e. The lowest BCUT2D eigenvalue weighted by Crippen LogP contribution is -2.23. The van der Waals surface area contributed by atoms with Crippen molar-refractivity contribution in [1.29, 1.82) is 0 Å². The van der Waals surface area contributed by atoms with Gasteiger partial charge >= 0.3 is 0 Å². The van der Waals surface area contributed by atoms with Crippen molar-refractivity contribution >= 4 is 6.29 Å². The van der Waals surface area contributed by atoms with Gasteiger partial charge in [-0.05, 0) is 11.1 Å². The molecule has 0 aliphatic carbocycles. The predicted octanol–water partition coefficient (Wildman–Crippen LogP) is 1.24. The number of rotatable bonds is 1. The zero-order chi connectivity index (χ0) is 8.39. The third-order valence-electron chi connectivity index (χ3n) is 2.10. The van der Waals surface area contributed by atoms with Crippen molar-refractivity contribution in [3.63, 3.8) is 0 Å². The second kappa shape index (κ2) is 3.07. The molecule has 2 nitrogen and oxygen atoms in total. The van der Waals surface area contributed by atoms with E-state index in [1.165, 1.54) is 11.1 Å². The molecule has 1 heterocycles. The van der Waals surface area contributed by atoms with Crippen molar-refractivity contribution in [1.82, 2.24) is 0 Å². The maximum absolute atomic E-state index is 10.3. The Kier molecular flexibility index (Phi) is 1.92. The molecule has 0 aromatic heterocycles. The van der Waals surface area contributed by atoms with Crippen molar-refractivity contribution < 1.29 is 9.53 Å². The van der Waals surface area contributed by atoms with Crippen molar-refractivity contribution in [2.45, 2.75) is 19.1 Å². The van der Waals surface area contributed by atoms with Crippen molar-refractivity contribution in [2.75, 3.05) is 0 Å². The Hall–Kier alpha value is -1.15. The van der Waals surface area contributed by atoms with Crippen molar-refractivity contribution in [3.05, 3.63) is 35.4 Å². The van der Waals surface area contributed by atoms with E-state index < -0.39 is 0 Å². The first-order valence-corrected chi connectivity index (χ1v) is 3.96. The third-order valence-corrected chi connectivity index (χ3v) is 2.10. The molecular weight excluding hydrogens is 152 g/mol. The molecule has 1 aliphatic rings. The van der Waals surface area contributed by atoms with Gasteiger partial charge in [-0.1, -0.05) is 24.3 Å². The van der Waals surface area contributed by atoms with Crippen LogP contribution < -0.4 is 0 Å². The van der Waals surface area contributed by atoms with Gasteiger partial charge in [0.2, 0.25) is 6.29 Å². The second-order valence-electron chi connectivity index (χ2n) is 2.89. The smallest absolute Gasteiger partial charge is 0.230 e. The minimum absolute atomic E-state index is 0.361. The Morgan fingerprint density at radius 2 is 2.08 bits per heavy atom. The molecule has 0 spiro atoms. The number of hydrogen-bond donors (Lipinski definition) is 0. The number of carbonyl (C=O) groups excluding carboxylic acids is 1. The Morgan fingerprint density at radius 3 is 2.83 bits per heavy atom. The molecule has 2 heteroatoms. The number of benzene rings is 1. The minimum Gasteiger partial charge on any atom is -0.365 e. The van der Waals surface area contributed by atoms with Gasteiger partial charge in [-0.2, -0.15) is 0 Å². The minimum atomic E-state index is -0.361. The molecule has 1 aromatic carbocycles. The van der Waals surface area contributed by atoms with E-state index in [0.717, 1.165) is 0 Å². The Labute approximate surface area is 71.2 Å².